The van der Waals surface area contributed by atoms with Gasteiger partial charge in [-0.1, -0.05) is 24.3 Å². The molecule has 0 bridgehead atoms. The number of aromatic nitrogens is 3. The van der Waals surface area contributed by atoms with Gasteiger partial charge in [0.25, 0.3) is 0 Å². The minimum Gasteiger partial charge on any atom is -0.493 e. The third kappa shape index (κ3) is 3.06. The van der Waals surface area contributed by atoms with Crippen molar-refractivity contribution < 1.29 is 18.7 Å². The van der Waals surface area contributed by atoms with E-state index in [-0.39, 0.29) is 11.6 Å². The zero-order chi connectivity index (χ0) is 21.5. The van der Waals surface area contributed by atoms with Gasteiger partial charge in [0.2, 0.25) is 5.95 Å². The van der Waals surface area contributed by atoms with Gasteiger partial charge in [0.1, 0.15) is 11.9 Å². The maximum atomic E-state index is 14.4. The summed E-state index contributed by atoms with van der Waals surface area (Å²) in [6, 6.07) is 11.3. The average molecular weight is 420 g/mol. The molecule has 1 N–H and O–H groups in total. The number of carbonyl (C=O) groups is 1. The Morgan fingerprint density at radius 1 is 1.10 bits per heavy atom. The van der Waals surface area contributed by atoms with Crippen LogP contribution in [0.15, 0.2) is 53.7 Å². The lowest BCUT2D eigenvalue weighted by Crippen LogP contribution is -2.31. The molecular weight excluding hydrogens is 399 g/mol. The van der Waals surface area contributed by atoms with Crippen LogP contribution in [0.1, 0.15) is 30.9 Å². The Morgan fingerprint density at radius 2 is 1.94 bits per heavy atom. The molecule has 1 aliphatic carbocycles. The molecule has 1 aliphatic heterocycles. The summed E-state index contributed by atoms with van der Waals surface area (Å²) >= 11 is 0. The third-order valence-corrected chi connectivity index (χ3v) is 5.71. The van der Waals surface area contributed by atoms with Crippen molar-refractivity contribution in [1.82, 2.24) is 14.8 Å². The molecule has 7 nitrogen and oxygen atoms in total. The number of allylic oxidation sites excluding steroid dienone is 2. The number of fused-ring (bicyclic) bond motifs is 1. The Bertz CT molecular complexity index is 1220. The Labute approximate surface area is 178 Å². The van der Waals surface area contributed by atoms with Crippen molar-refractivity contribution in [3.8, 4) is 22.9 Å². The number of benzene rings is 2. The lowest BCUT2D eigenvalue weighted by molar-refractivity contribution is -0.116. The second-order valence-corrected chi connectivity index (χ2v) is 7.46. The number of hydrogen-bond donors (Lipinski definition) is 1. The molecule has 0 saturated carbocycles. The monoisotopic (exact) mass is 420 g/mol. The zero-order valence-electron chi connectivity index (χ0n) is 17.2. The molecule has 1 unspecified atom stereocenters. The fraction of sp³-hybridized carbons (Fsp3) is 0.261. The summed E-state index contributed by atoms with van der Waals surface area (Å²) in [5.41, 5.74) is 2.49. The highest BCUT2D eigenvalue weighted by atomic mass is 19.1. The molecule has 0 amide bonds. The molecule has 5 rings (SSSR count). The van der Waals surface area contributed by atoms with E-state index in [0.717, 1.165) is 24.1 Å². The number of hydrogen-bond acceptors (Lipinski definition) is 6. The van der Waals surface area contributed by atoms with Crippen molar-refractivity contribution >= 4 is 11.7 Å². The van der Waals surface area contributed by atoms with E-state index in [9.17, 15) is 9.18 Å². The largest absolute Gasteiger partial charge is 0.493 e. The van der Waals surface area contributed by atoms with Gasteiger partial charge in [-0.15, -0.1) is 5.10 Å². The van der Waals surface area contributed by atoms with E-state index < -0.39 is 11.9 Å². The SMILES string of the molecule is COc1cccc(C2C3=C(CCCC3=O)Nc3nc(-c4ccccc4F)nn32)c1OC. The van der Waals surface area contributed by atoms with Crippen LogP contribution in [0.5, 0.6) is 11.5 Å². The number of halogens is 1. The maximum Gasteiger partial charge on any atom is 0.226 e. The standard InChI is InChI=1S/C23H21FN4O3/c1-30-18-12-5-8-14(21(18)31-2)20-19-16(10-6-11-17(19)29)25-23-26-22(27-28(20)23)13-7-3-4-9-15(13)24/h3-5,7-9,12,20H,6,10-11H2,1-2H3,(H,25,26,27). The Hall–Kier alpha value is -3.68. The van der Waals surface area contributed by atoms with Gasteiger partial charge in [0, 0.05) is 23.3 Å². The number of methoxy groups -OCH3 is 2. The predicted octanol–water partition coefficient (Wildman–Crippen LogP) is 4.12. The highest BCUT2D eigenvalue weighted by molar-refractivity contribution is 5.99. The number of Topliss-reactive ketones (excluding diaryl/α,β-unsaturated/α-hetero) is 1. The van der Waals surface area contributed by atoms with Crippen molar-refractivity contribution in [3.63, 3.8) is 0 Å². The van der Waals surface area contributed by atoms with E-state index in [0.29, 0.717) is 35.0 Å². The molecular formula is C23H21FN4O3. The molecule has 2 aliphatic rings. The summed E-state index contributed by atoms with van der Waals surface area (Å²) in [6.07, 6.45) is 1.96. The first-order valence-corrected chi connectivity index (χ1v) is 10.1. The van der Waals surface area contributed by atoms with Crippen LogP contribution in [0, 0.1) is 5.82 Å². The van der Waals surface area contributed by atoms with Crippen LogP contribution in [0.3, 0.4) is 0 Å². The molecule has 1 atom stereocenters. The summed E-state index contributed by atoms with van der Waals surface area (Å²) < 4.78 is 27.2. The second kappa shape index (κ2) is 7.54. The van der Waals surface area contributed by atoms with Gasteiger partial charge in [0.15, 0.2) is 23.1 Å². The summed E-state index contributed by atoms with van der Waals surface area (Å²) in [5.74, 6) is 1.43. The van der Waals surface area contributed by atoms with E-state index in [4.69, 9.17) is 9.47 Å². The number of nitrogens with one attached hydrogen (secondary N) is 1. The van der Waals surface area contributed by atoms with E-state index >= 15 is 0 Å². The highest BCUT2D eigenvalue weighted by Gasteiger charge is 2.38. The van der Waals surface area contributed by atoms with Gasteiger partial charge in [-0.25, -0.2) is 9.07 Å². The number of anilines is 1. The van der Waals surface area contributed by atoms with Gasteiger partial charge >= 0.3 is 0 Å². The van der Waals surface area contributed by atoms with Gasteiger partial charge in [-0.05, 0) is 31.0 Å². The normalized spacial score (nSPS) is 17.6. The first-order valence-electron chi connectivity index (χ1n) is 10.1. The van der Waals surface area contributed by atoms with Crippen molar-refractivity contribution in [2.75, 3.05) is 19.5 Å². The van der Waals surface area contributed by atoms with Crippen LogP contribution in [0.2, 0.25) is 0 Å². The molecule has 0 saturated heterocycles. The minimum absolute atomic E-state index is 0.0530. The van der Waals surface area contributed by atoms with E-state index in [2.05, 4.69) is 15.4 Å². The molecule has 3 aromatic rings. The molecule has 0 spiro atoms. The zero-order valence-corrected chi connectivity index (χ0v) is 17.2. The first kappa shape index (κ1) is 19.3. The van der Waals surface area contributed by atoms with Crippen LogP contribution in [0.25, 0.3) is 11.4 Å². The van der Waals surface area contributed by atoms with Crippen molar-refractivity contribution in [1.29, 1.82) is 0 Å². The van der Waals surface area contributed by atoms with E-state index in [1.165, 1.54) is 6.07 Å². The van der Waals surface area contributed by atoms with E-state index in [1.54, 1.807) is 43.2 Å². The quantitative estimate of drug-likeness (QED) is 0.684. The van der Waals surface area contributed by atoms with Crippen molar-refractivity contribution in [2.45, 2.75) is 25.3 Å². The molecule has 1 aromatic heterocycles. The van der Waals surface area contributed by atoms with Gasteiger partial charge in [-0.2, -0.15) is 4.98 Å². The third-order valence-electron chi connectivity index (χ3n) is 5.71. The fourth-order valence-corrected chi connectivity index (χ4v) is 4.33. The maximum absolute atomic E-state index is 14.4. The van der Waals surface area contributed by atoms with Crippen LogP contribution in [-0.2, 0) is 4.79 Å². The smallest absolute Gasteiger partial charge is 0.226 e. The average Bonchev–Trinajstić information content (AvgIpc) is 3.21. The second-order valence-electron chi connectivity index (χ2n) is 7.46. The van der Waals surface area contributed by atoms with Gasteiger partial charge in [-0.3, -0.25) is 4.79 Å². The number of para-hydroxylation sites is 1. The van der Waals surface area contributed by atoms with Crippen molar-refractivity contribution in [2.24, 2.45) is 0 Å². The lowest BCUT2D eigenvalue weighted by Gasteiger charge is -2.32. The summed E-state index contributed by atoms with van der Waals surface area (Å²) in [4.78, 5) is 17.6. The van der Waals surface area contributed by atoms with Gasteiger partial charge in [0.05, 0.1) is 19.8 Å². The van der Waals surface area contributed by atoms with Crippen LogP contribution in [0.4, 0.5) is 10.3 Å². The predicted molar refractivity (Wildman–Crippen MR) is 113 cm³/mol. The summed E-state index contributed by atoms with van der Waals surface area (Å²) in [7, 11) is 3.13. The van der Waals surface area contributed by atoms with Gasteiger partial charge < -0.3 is 14.8 Å². The topological polar surface area (TPSA) is 78.3 Å². The Balaban J connectivity index is 1.74. The molecule has 31 heavy (non-hydrogen) atoms. The van der Waals surface area contributed by atoms with Crippen LogP contribution < -0.4 is 14.8 Å². The fourth-order valence-electron chi connectivity index (χ4n) is 4.33. The van der Waals surface area contributed by atoms with Crippen LogP contribution >= 0.6 is 0 Å². The molecule has 158 valence electrons. The molecule has 0 radical (unpaired) electrons. The number of nitrogens with zero attached hydrogens (tertiary/aromatic N) is 3. The summed E-state index contributed by atoms with van der Waals surface area (Å²) in [6.45, 7) is 0. The number of carbonyl (C=O) groups excluding carboxylic acids is 1. The molecule has 0 fully saturated rings. The summed E-state index contributed by atoms with van der Waals surface area (Å²) in [5, 5.41) is 7.87. The first-order chi connectivity index (χ1) is 15.1. The number of ether oxygens (including phenoxy) is 2. The number of ketones is 1. The number of rotatable bonds is 4. The minimum atomic E-state index is -0.558. The van der Waals surface area contributed by atoms with Crippen LogP contribution in [-0.4, -0.2) is 34.8 Å². The lowest BCUT2D eigenvalue weighted by atomic mass is 9.85. The Morgan fingerprint density at radius 3 is 2.71 bits per heavy atom. The van der Waals surface area contributed by atoms with E-state index in [1.807, 2.05) is 12.1 Å². The molecule has 8 heteroatoms. The highest BCUT2D eigenvalue weighted by Crippen LogP contribution is 2.45. The van der Waals surface area contributed by atoms with Crippen molar-refractivity contribution in [3.05, 3.63) is 65.1 Å². The molecule has 2 aromatic carbocycles. The molecule has 2 heterocycles. The Kier molecular flexibility index (Phi) is 4.69.